The molecule has 3 aromatic rings. The van der Waals surface area contributed by atoms with E-state index in [-0.39, 0.29) is 5.97 Å². The number of carbonyl (C=O) groups excluding carboxylic acids is 1. The molecule has 0 aliphatic heterocycles. The lowest BCUT2D eigenvalue weighted by Crippen LogP contribution is -2.22. The van der Waals surface area contributed by atoms with Crippen molar-refractivity contribution in [1.29, 1.82) is 0 Å². The standard InChI is InChI=1S/C26H31N3O2/c1-26(2,3)31-24(30)16-15-19-11-13-20(14-12-19)17-23-27-22(18-29(4)5)25(28-23)21-9-7-6-8-10-21/h6-16H,17-18H2,1-5H3,(H,27,28). The Kier molecular flexibility index (Phi) is 7.08. The lowest BCUT2D eigenvalue weighted by atomic mass is 10.1. The Morgan fingerprint density at radius 2 is 1.74 bits per heavy atom. The molecule has 0 aliphatic carbocycles. The van der Waals surface area contributed by atoms with Crippen molar-refractivity contribution in [2.45, 2.75) is 39.3 Å². The van der Waals surface area contributed by atoms with Gasteiger partial charge in [0.15, 0.2) is 0 Å². The molecule has 5 heteroatoms. The van der Waals surface area contributed by atoms with Crippen molar-refractivity contribution in [3.05, 3.63) is 83.3 Å². The molecule has 0 radical (unpaired) electrons. The Morgan fingerprint density at radius 3 is 2.35 bits per heavy atom. The number of H-pyrrole nitrogens is 1. The fourth-order valence-electron chi connectivity index (χ4n) is 3.25. The van der Waals surface area contributed by atoms with Crippen LogP contribution in [0, 0.1) is 0 Å². The van der Waals surface area contributed by atoms with Crippen LogP contribution >= 0.6 is 0 Å². The first kappa shape index (κ1) is 22.5. The number of ether oxygens (including phenoxy) is 1. The Labute approximate surface area is 184 Å². The molecule has 1 heterocycles. The average Bonchev–Trinajstić information content (AvgIpc) is 3.08. The van der Waals surface area contributed by atoms with E-state index in [0.717, 1.165) is 40.4 Å². The predicted octanol–water partition coefficient (Wildman–Crippen LogP) is 5.08. The Morgan fingerprint density at radius 1 is 1.06 bits per heavy atom. The van der Waals surface area contributed by atoms with Crippen LogP contribution < -0.4 is 0 Å². The van der Waals surface area contributed by atoms with E-state index in [9.17, 15) is 4.79 Å². The summed E-state index contributed by atoms with van der Waals surface area (Å²) in [6, 6.07) is 18.4. The fraction of sp³-hybridized carbons (Fsp3) is 0.308. The number of aromatic amines is 1. The van der Waals surface area contributed by atoms with Crippen LogP contribution in [0.5, 0.6) is 0 Å². The summed E-state index contributed by atoms with van der Waals surface area (Å²) < 4.78 is 5.30. The number of hydrogen-bond acceptors (Lipinski definition) is 4. The van der Waals surface area contributed by atoms with E-state index in [0.29, 0.717) is 6.42 Å². The third-order valence-corrected chi connectivity index (χ3v) is 4.52. The Hall–Kier alpha value is -3.18. The number of carbonyl (C=O) groups is 1. The maximum atomic E-state index is 11.8. The number of hydrogen-bond donors (Lipinski definition) is 1. The number of esters is 1. The SMILES string of the molecule is CN(C)Cc1[nH]c(Cc2ccc(C=CC(=O)OC(C)(C)C)cc2)nc1-c1ccccc1. The molecule has 0 saturated heterocycles. The molecule has 0 spiro atoms. The molecule has 3 rings (SSSR count). The van der Waals surface area contributed by atoms with Crippen molar-refractivity contribution in [1.82, 2.24) is 14.9 Å². The van der Waals surface area contributed by atoms with Crippen LogP contribution in [0.3, 0.4) is 0 Å². The summed E-state index contributed by atoms with van der Waals surface area (Å²) in [6.45, 7) is 6.37. The van der Waals surface area contributed by atoms with Gasteiger partial charge in [0.1, 0.15) is 11.4 Å². The second-order valence-corrected chi connectivity index (χ2v) is 8.90. The van der Waals surface area contributed by atoms with Gasteiger partial charge in [-0.3, -0.25) is 0 Å². The summed E-state index contributed by atoms with van der Waals surface area (Å²) in [5.74, 6) is 0.599. The van der Waals surface area contributed by atoms with Crippen LogP contribution in [-0.2, 0) is 22.5 Å². The zero-order valence-electron chi connectivity index (χ0n) is 19.0. The molecule has 1 aromatic heterocycles. The molecular formula is C26H31N3O2. The van der Waals surface area contributed by atoms with Gasteiger partial charge < -0.3 is 14.6 Å². The minimum Gasteiger partial charge on any atom is -0.457 e. The van der Waals surface area contributed by atoms with Crippen LogP contribution in [0.4, 0.5) is 0 Å². The maximum Gasteiger partial charge on any atom is 0.331 e. The van der Waals surface area contributed by atoms with Crippen molar-refractivity contribution in [2.24, 2.45) is 0 Å². The molecule has 0 unspecified atom stereocenters. The van der Waals surface area contributed by atoms with Crippen LogP contribution in [0.25, 0.3) is 17.3 Å². The summed E-state index contributed by atoms with van der Waals surface area (Å²) in [6.07, 6.45) is 3.95. The Bertz CT molecular complexity index is 1030. The van der Waals surface area contributed by atoms with Crippen LogP contribution in [0.15, 0.2) is 60.7 Å². The number of nitrogens with zero attached hydrogens (tertiary/aromatic N) is 2. The van der Waals surface area contributed by atoms with E-state index in [1.165, 1.54) is 6.08 Å². The highest BCUT2D eigenvalue weighted by Crippen LogP contribution is 2.23. The molecular weight excluding hydrogens is 386 g/mol. The first-order valence-electron chi connectivity index (χ1n) is 10.5. The van der Waals surface area contributed by atoms with Gasteiger partial charge in [-0.05, 0) is 52.1 Å². The highest BCUT2D eigenvalue weighted by Gasteiger charge is 2.14. The molecule has 5 nitrogen and oxygen atoms in total. The molecule has 0 bridgehead atoms. The summed E-state index contributed by atoms with van der Waals surface area (Å²) >= 11 is 0. The molecule has 162 valence electrons. The molecule has 1 N–H and O–H groups in total. The van der Waals surface area contributed by atoms with Crippen molar-refractivity contribution >= 4 is 12.0 Å². The predicted molar refractivity (Wildman–Crippen MR) is 126 cm³/mol. The fourth-order valence-corrected chi connectivity index (χ4v) is 3.25. The third-order valence-electron chi connectivity index (χ3n) is 4.52. The number of nitrogens with one attached hydrogen (secondary N) is 1. The zero-order valence-corrected chi connectivity index (χ0v) is 19.0. The summed E-state index contributed by atoms with van der Waals surface area (Å²) in [5.41, 5.74) is 4.85. The van der Waals surface area contributed by atoms with Gasteiger partial charge >= 0.3 is 5.97 Å². The highest BCUT2D eigenvalue weighted by atomic mass is 16.6. The largest absolute Gasteiger partial charge is 0.457 e. The average molecular weight is 418 g/mol. The third kappa shape index (κ3) is 6.93. The topological polar surface area (TPSA) is 58.2 Å². The van der Waals surface area contributed by atoms with E-state index in [4.69, 9.17) is 9.72 Å². The van der Waals surface area contributed by atoms with Gasteiger partial charge in [0.25, 0.3) is 0 Å². The maximum absolute atomic E-state index is 11.8. The van der Waals surface area contributed by atoms with Gasteiger partial charge in [0.05, 0.1) is 11.4 Å². The van der Waals surface area contributed by atoms with Gasteiger partial charge in [-0.1, -0.05) is 54.6 Å². The van der Waals surface area contributed by atoms with Gasteiger partial charge in [0.2, 0.25) is 0 Å². The normalized spacial score (nSPS) is 11.9. The molecule has 31 heavy (non-hydrogen) atoms. The summed E-state index contributed by atoms with van der Waals surface area (Å²) in [7, 11) is 4.11. The molecule has 0 saturated carbocycles. The van der Waals surface area contributed by atoms with Gasteiger partial charge in [-0.15, -0.1) is 0 Å². The van der Waals surface area contributed by atoms with Crippen LogP contribution in [0.2, 0.25) is 0 Å². The molecule has 2 aromatic carbocycles. The van der Waals surface area contributed by atoms with Gasteiger partial charge in [-0.25, -0.2) is 9.78 Å². The molecule has 0 amide bonds. The van der Waals surface area contributed by atoms with E-state index < -0.39 is 5.60 Å². The first-order valence-corrected chi connectivity index (χ1v) is 10.5. The minimum atomic E-state index is -0.488. The highest BCUT2D eigenvalue weighted by molar-refractivity contribution is 5.87. The van der Waals surface area contributed by atoms with Crippen LogP contribution in [-0.4, -0.2) is 40.5 Å². The molecule has 0 aliphatic rings. The van der Waals surface area contributed by atoms with Crippen molar-refractivity contribution < 1.29 is 9.53 Å². The van der Waals surface area contributed by atoms with E-state index >= 15 is 0 Å². The van der Waals surface area contributed by atoms with Crippen molar-refractivity contribution in [2.75, 3.05) is 14.1 Å². The molecule has 0 fully saturated rings. The van der Waals surface area contributed by atoms with E-state index in [2.05, 4.69) is 48.2 Å². The second-order valence-electron chi connectivity index (χ2n) is 8.90. The van der Waals surface area contributed by atoms with Gasteiger partial charge in [0, 0.05) is 24.6 Å². The molecule has 0 atom stereocenters. The van der Waals surface area contributed by atoms with Crippen molar-refractivity contribution in [3.8, 4) is 11.3 Å². The van der Waals surface area contributed by atoms with Gasteiger partial charge in [-0.2, -0.15) is 0 Å². The van der Waals surface area contributed by atoms with Crippen molar-refractivity contribution in [3.63, 3.8) is 0 Å². The monoisotopic (exact) mass is 417 g/mol. The second kappa shape index (κ2) is 9.75. The lowest BCUT2D eigenvalue weighted by Gasteiger charge is -2.17. The summed E-state index contributed by atoms with van der Waals surface area (Å²) in [5, 5.41) is 0. The smallest absolute Gasteiger partial charge is 0.331 e. The Balaban J connectivity index is 1.72. The number of benzene rings is 2. The lowest BCUT2D eigenvalue weighted by molar-refractivity contribution is -0.148. The number of aromatic nitrogens is 2. The van der Waals surface area contributed by atoms with E-state index in [1.54, 1.807) is 6.08 Å². The minimum absolute atomic E-state index is 0.339. The number of imidazole rings is 1. The quantitative estimate of drug-likeness (QED) is 0.430. The van der Waals surface area contributed by atoms with E-state index in [1.807, 2.05) is 51.1 Å². The first-order chi connectivity index (χ1) is 14.7. The zero-order chi connectivity index (χ0) is 22.4. The number of rotatable bonds is 7. The van der Waals surface area contributed by atoms with Crippen LogP contribution in [0.1, 0.15) is 43.4 Å². The summed E-state index contributed by atoms with van der Waals surface area (Å²) in [4.78, 5) is 22.4.